The van der Waals surface area contributed by atoms with Crippen molar-refractivity contribution in [3.05, 3.63) is 59.8 Å². The molecule has 4 rings (SSSR count). The zero-order valence-electron chi connectivity index (χ0n) is 16.8. The first kappa shape index (κ1) is 20.2. The number of hydrogen-bond donors (Lipinski definition) is 2. The molecule has 0 atom stereocenters. The summed E-state index contributed by atoms with van der Waals surface area (Å²) in [6.07, 6.45) is 1.20. The fourth-order valence-electron chi connectivity index (χ4n) is 3.14. The van der Waals surface area contributed by atoms with Crippen molar-refractivity contribution in [2.75, 3.05) is 23.9 Å². The van der Waals surface area contributed by atoms with Crippen molar-refractivity contribution in [2.45, 2.75) is 18.4 Å². The first-order valence-corrected chi connectivity index (χ1v) is 12.0. The molecule has 2 aromatic carbocycles. The van der Waals surface area contributed by atoms with Crippen LogP contribution in [0.2, 0.25) is 0 Å². The molecule has 0 bridgehead atoms. The number of benzene rings is 2. The van der Waals surface area contributed by atoms with Crippen LogP contribution in [0, 0.1) is 6.92 Å². The average molecular weight is 440 g/mol. The molecule has 0 aliphatic rings. The number of thiazole rings is 1. The Labute approximate surface area is 179 Å². The van der Waals surface area contributed by atoms with E-state index in [1.54, 1.807) is 29.5 Å². The number of aryl methyl sites for hydroxylation is 1. The molecular formula is C21H21N5O2S2. The Hall–Kier alpha value is -3.04. The Balaban J connectivity index is 1.63. The van der Waals surface area contributed by atoms with E-state index in [-0.39, 0.29) is 0 Å². The minimum atomic E-state index is -3.25. The summed E-state index contributed by atoms with van der Waals surface area (Å²) in [7, 11) is -1.43. The Bertz CT molecular complexity index is 1300. The van der Waals surface area contributed by atoms with Crippen LogP contribution in [-0.4, -0.2) is 36.7 Å². The van der Waals surface area contributed by atoms with E-state index < -0.39 is 9.84 Å². The third-order valence-electron chi connectivity index (χ3n) is 4.61. The molecule has 2 heterocycles. The molecule has 2 N–H and O–H groups in total. The highest BCUT2D eigenvalue weighted by Gasteiger charge is 2.17. The summed E-state index contributed by atoms with van der Waals surface area (Å²) in [6, 6.07) is 14.8. The number of nitrogens with zero attached hydrogens (tertiary/aromatic N) is 3. The number of nitrogens with one attached hydrogen (secondary N) is 2. The predicted octanol–water partition coefficient (Wildman–Crippen LogP) is 4.12. The van der Waals surface area contributed by atoms with Gasteiger partial charge in [-0.1, -0.05) is 24.3 Å². The van der Waals surface area contributed by atoms with E-state index in [0.717, 1.165) is 32.0 Å². The Morgan fingerprint density at radius 1 is 1.03 bits per heavy atom. The number of para-hydroxylation sites is 1. The molecular weight excluding hydrogens is 418 g/mol. The lowest BCUT2D eigenvalue weighted by Gasteiger charge is -2.12. The predicted molar refractivity (Wildman–Crippen MR) is 122 cm³/mol. The lowest BCUT2D eigenvalue weighted by Crippen LogP contribution is -2.08. The van der Waals surface area contributed by atoms with Crippen LogP contribution in [0.1, 0.15) is 11.3 Å². The summed E-state index contributed by atoms with van der Waals surface area (Å²) < 4.78 is 24.6. The third kappa shape index (κ3) is 4.12. The van der Waals surface area contributed by atoms with Gasteiger partial charge in [0.2, 0.25) is 5.95 Å². The quantitative estimate of drug-likeness (QED) is 0.466. The van der Waals surface area contributed by atoms with Gasteiger partial charge in [-0.25, -0.2) is 18.4 Å². The minimum Gasteiger partial charge on any atom is -0.372 e. The molecule has 154 valence electrons. The van der Waals surface area contributed by atoms with E-state index in [1.165, 1.54) is 6.26 Å². The molecule has 0 saturated heterocycles. The van der Waals surface area contributed by atoms with Gasteiger partial charge in [0.25, 0.3) is 0 Å². The lowest BCUT2D eigenvalue weighted by molar-refractivity contribution is 0.601. The van der Waals surface area contributed by atoms with Crippen molar-refractivity contribution in [3.63, 3.8) is 0 Å². The maximum Gasteiger partial charge on any atom is 0.225 e. The summed E-state index contributed by atoms with van der Waals surface area (Å²) in [5.74, 6) is 1.15. The van der Waals surface area contributed by atoms with Crippen LogP contribution in [0.3, 0.4) is 0 Å². The molecule has 0 aliphatic carbocycles. The van der Waals surface area contributed by atoms with Gasteiger partial charge in [0, 0.05) is 19.8 Å². The van der Waals surface area contributed by atoms with Gasteiger partial charge in [0.1, 0.15) is 10.8 Å². The largest absolute Gasteiger partial charge is 0.372 e. The molecule has 0 fully saturated rings. The Morgan fingerprint density at radius 3 is 2.57 bits per heavy atom. The molecule has 30 heavy (non-hydrogen) atoms. The average Bonchev–Trinajstić information content (AvgIpc) is 3.15. The fourth-order valence-corrected chi connectivity index (χ4v) is 4.89. The van der Waals surface area contributed by atoms with Gasteiger partial charge in [-0.15, -0.1) is 11.3 Å². The van der Waals surface area contributed by atoms with Crippen LogP contribution in [-0.2, 0) is 16.4 Å². The molecule has 0 spiro atoms. The number of aromatic nitrogens is 3. The molecule has 0 aliphatic heterocycles. The highest BCUT2D eigenvalue weighted by Crippen LogP contribution is 2.35. The molecule has 7 nitrogen and oxygen atoms in total. The smallest absolute Gasteiger partial charge is 0.225 e. The SMILES string of the molecule is CNc1nc(NCc2cccc(S(C)(=O)=O)c2)nc(C)c1-c1nc2ccccc2s1. The molecule has 2 aromatic heterocycles. The van der Waals surface area contributed by atoms with Crippen molar-refractivity contribution in [2.24, 2.45) is 0 Å². The summed E-state index contributed by atoms with van der Waals surface area (Å²) in [6.45, 7) is 2.34. The van der Waals surface area contributed by atoms with E-state index in [9.17, 15) is 8.42 Å². The summed E-state index contributed by atoms with van der Waals surface area (Å²) in [4.78, 5) is 14.2. The van der Waals surface area contributed by atoms with Crippen molar-refractivity contribution < 1.29 is 8.42 Å². The first-order chi connectivity index (χ1) is 14.3. The van der Waals surface area contributed by atoms with Crippen LogP contribution in [0.15, 0.2) is 53.4 Å². The van der Waals surface area contributed by atoms with Gasteiger partial charge in [-0.05, 0) is 36.8 Å². The van der Waals surface area contributed by atoms with E-state index in [0.29, 0.717) is 23.2 Å². The number of anilines is 2. The number of rotatable bonds is 6. The Morgan fingerprint density at radius 2 is 1.83 bits per heavy atom. The Kier molecular flexibility index (Phi) is 5.40. The fraction of sp³-hybridized carbons (Fsp3) is 0.190. The summed E-state index contributed by atoms with van der Waals surface area (Å²) >= 11 is 1.61. The van der Waals surface area contributed by atoms with Crippen LogP contribution in [0.25, 0.3) is 20.8 Å². The summed E-state index contributed by atoms with van der Waals surface area (Å²) in [5.41, 5.74) is 3.47. The molecule has 0 amide bonds. The number of sulfone groups is 1. The van der Waals surface area contributed by atoms with Gasteiger partial charge in [-0.2, -0.15) is 4.98 Å². The van der Waals surface area contributed by atoms with Gasteiger partial charge < -0.3 is 10.6 Å². The van der Waals surface area contributed by atoms with Gasteiger partial charge >= 0.3 is 0 Å². The molecule has 4 aromatic rings. The topological polar surface area (TPSA) is 96.9 Å². The van der Waals surface area contributed by atoms with Crippen LogP contribution in [0.5, 0.6) is 0 Å². The van der Waals surface area contributed by atoms with Crippen LogP contribution < -0.4 is 10.6 Å². The number of hydrogen-bond acceptors (Lipinski definition) is 8. The second-order valence-corrected chi connectivity index (χ2v) is 9.91. The maximum absolute atomic E-state index is 11.8. The molecule has 0 saturated carbocycles. The molecule has 0 radical (unpaired) electrons. The van der Waals surface area contributed by atoms with Gasteiger partial charge in [0.15, 0.2) is 9.84 Å². The zero-order valence-corrected chi connectivity index (χ0v) is 18.4. The zero-order chi connectivity index (χ0) is 21.3. The standard InChI is InChI=1S/C21H21N5O2S2/c1-13-18(20-25-16-9-4-5-10-17(16)29-20)19(22-2)26-21(24-13)23-12-14-7-6-8-15(11-14)30(3,27)28/h4-11H,12H2,1-3H3,(H2,22,23,24,26). The maximum atomic E-state index is 11.8. The monoisotopic (exact) mass is 439 g/mol. The molecule has 9 heteroatoms. The van der Waals surface area contributed by atoms with Crippen LogP contribution in [0.4, 0.5) is 11.8 Å². The van der Waals surface area contributed by atoms with E-state index in [4.69, 9.17) is 4.98 Å². The minimum absolute atomic E-state index is 0.293. The number of fused-ring (bicyclic) bond motifs is 1. The van der Waals surface area contributed by atoms with Crippen molar-refractivity contribution in [1.82, 2.24) is 15.0 Å². The summed E-state index contributed by atoms with van der Waals surface area (Å²) in [5, 5.41) is 7.20. The van der Waals surface area contributed by atoms with Crippen molar-refractivity contribution >= 4 is 43.2 Å². The van der Waals surface area contributed by atoms with Gasteiger partial charge in [-0.3, -0.25) is 0 Å². The first-order valence-electron chi connectivity index (χ1n) is 9.30. The second-order valence-electron chi connectivity index (χ2n) is 6.87. The van der Waals surface area contributed by atoms with Crippen molar-refractivity contribution in [3.8, 4) is 10.6 Å². The normalized spacial score (nSPS) is 11.6. The lowest BCUT2D eigenvalue weighted by atomic mass is 10.2. The van der Waals surface area contributed by atoms with Gasteiger partial charge in [0.05, 0.1) is 26.4 Å². The van der Waals surface area contributed by atoms with Crippen molar-refractivity contribution in [1.29, 1.82) is 0 Å². The van der Waals surface area contributed by atoms with E-state index >= 15 is 0 Å². The van der Waals surface area contributed by atoms with Crippen LogP contribution >= 0.6 is 11.3 Å². The second kappa shape index (κ2) is 8.00. The van der Waals surface area contributed by atoms with E-state index in [2.05, 4.69) is 20.6 Å². The highest BCUT2D eigenvalue weighted by atomic mass is 32.2. The van der Waals surface area contributed by atoms with E-state index in [1.807, 2.05) is 44.3 Å². The third-order valence-corrected chi connectivity index (χ3v) is 6.78. The highest BCUT2D eigenvalue weighted by molar-refractivity contribution is 7.90. The molecule has 0 unspecified atom stereocenters.